The molecular formula is C12H17N3O2. The van der Waals surface area contributed by atoms with Gasteiger partial charge in [0.05, 0.1) is 18.4 Å². The molecule has 0 aliphatic heterocycles. The van der Waals surface area contributed by atoms with Gasteiger partial charge < -0.3 is 14.2 Å². The number of hydrogen-bond acceptors (Lipinski definition) is 5. The Morgan fingerprint density at radius 1 is 1.29 bits per heavy atom. The van der Waals surface area contributed by atoms with Crippen LogP contribution in [0.3, 0.4) is 0 Å². The molecule has 2 aromatic rings. The van der Waals surface area contributed by atoms with Gasteiger partial charge in [0.15, 0.2) is 0 Å². The molecule has 0 fully saturated rings. The van der Waals surface area contributed by atoms with Gasteiger partial charge in [-0.3, -0.25) is 0 Å². The third-order valence-electron chi connectivity index (χ3n) is 2.33. The molecule has 5 heteroatoms. The summed E-state index contributed by atoms with van der Waals surface area (Å²) in [6.45, 7) is 8.69. The van der Waals surface area contributed by atoms with Crippen molar-refractivity contribution in [3.05, 3.63) is 24.0 Å². The first kappa shape index (κ1) is 11.9. The molecule has 0 bridgehead atoms. The fourth-order valence-corrected chi connectivity index (χ4v) is 1.38. The minimum absolute atomic E-state index is 0.0280. The van der Waals surface area contributed by atoms with Crippen LogP contribution in [0.25, 0.3) is 11.5 Å². The van der Waals surface area contributed by atoms with Crippen LogP contribution in [0.15, 0.2) is 21.2 Å². The molecule has 2 rings (SSSR count). The first-order valence-corrected chi connectivity index (χ1v) is 5.57. The van der Waals surface area contributed by atoms with Gasteiger partial charge >= 0.3 is 0 Å². The summed E-state index contributed by atoms with van der Waals surface area (Å²) in [6, 6.07) is 1.82. The maximum Gasteiger partial charge on any atom is 0.251 e. The van der Waals surface area contributed by atoms with Gasteiger partial charge in [-0.15, -0.1) is 10.2 Å². The van der Waals surface area contributed by atoms with Gasteiger partial charge in [0.2, 0.25) is 5.89 Å². The van der Waals surface area contributed by atoms with Gasteiger partial charge in [0.25, 0.3) is 5.89 Å². The van der Waals surface area contributed by atoms with Crippen LogP contribution >= 0.6 is 0 Å². The molecule has 0 aliphatic rings. The van der Waals surface area contributed by atoms with Gasteiger partial charge in [-0.05, 0) is 33.8 Å². The third-order valence-corrected chi connectivity index (χ3v) is 2.33. The minimum Gasteiger partial charge on any atom is -0.469 e. The zero-order valence-corrected chi connectivity index (χ0v) is 10.6. The van der Waals surface area contributed by atoms with Crippen LogP contribution < -0.4 is 5.32 Å². The van der Waals surface area contributed by atoms with Crippen molar-refractivity contribution in [3.8, 4) is 11.5 Å². The highest BCUT2D eigenvalue weighted by Crippen LogP contribution is 2.22. The molecule has 0 amide bonds. The highest BCUT2D eigenvalue weighted by Gasteiger charge is 2.15. The fraction of sp³-hybridized carbons (Fsp3) is 0.500. The van der Waals surface area contributed by atoms with Crippen LogP contribution in [0, 0.1) is 6.92 Å². The van der Waals surface area contributed by atoms with Crippen molar-refractivity contribution < 1.29 is 8.83 Å². The van der Waals surface area contributed by atoms with E-state index in [0.29, 0.717) is 18.3 Å². The molecule has 1 N–H and O–H groups in total. The second-order valence-corrected chi connectivity index (χ2v) is 4.99. The minimum atomic E-state index is 0.0280. The quantitative estimate of drug-likeness (QED) is 0.885. The number of aromatic nitrogens is 2. The Kier molecular flexibility index (Phi) is 3.02. The monoisotopic (exact) mass is 235 g/mol. The lowest BCUT2D eigenvalue weighted by molar-refractivity contribution is 0.383. The zero-order valence-electron chi connectivity index (χ0n) is 10.6. The lowest BCUT2D eigenvalue weighted by atomic mass is 10.1. The Hall–Kier alpha value is -1.62. The highest BCUT2D eigenvalue weighted by molar-refractivity contribution is 5.54. The van der Waals surface area contributed by atoms with Crippen molar-refractivity contribution in [1.29, 1.82) is 0 Å². The van der Waals surface area contributed by atoms with Crippen molar-refractivity contribution in [3.63, 3.8) is 0 Å². The lowest BCUT2D eigenvalue weighted by Crippen LogP contribution is -2.35. The second kappa shape index (κ2) is 4.33. The second-order valence-electron chi connectivity index (χ2n) is 4.99. The molecule has 5 nitrogen and oxygen atoms in total. The summed E-state index contributed by atoms with van der Waals surface area (Å²) in [5.74, 6) is 1.86. The van der Waals surface area contributed by atoms with Crippen LogP contribution in [0.5, 0.6) is 0 Å². The zero-order chi connectivity index (χ0) is 12.5. The first-order valence-electron chi connectivity index (χ1n) is 5.57. The van der Waals surface area contributed by atoms with Crippen molar-refractivity contribution in [2.75, 3.05) is 0 Å². The third kappa shape index (κ3) is 2.94. The molecule has 0 saturated heterocycles. The Morgan fingerprint density at radius 3 is 2.65 bits per heavy atom. The van der Waals surface area contributed by atoms with Crippen molar-refractivity contribution in [2.45, 2.75) is 39.8 Å². The number of nitrogens with one attached hydrogen (secondary N) is 1. The molecule has 0 unspecified atom stereocenters. The standard InChI is InChI=1S/C12H17N3O2/c1-8-9(5-6-16-8)11-15-14-10(17-11)7-13-12(2,3)4/h5-6,13H,7H2,1-4H3. The van der Waals surface area contributed by atoms with Crippen LogP contribution in [0.2, 0.25) is 0 Å². The molecule has 0 aromatic carbocycles. The smallest absolute Gasteiger partial charge is 0.251 e. The first-order chi connectivity index (χ1) is 7.96. The predicted octanol–water partition coefficient (Wildman–Crippen LogP) is 2.53. The molecule has 2 aromatic heterocycles. The van der Waals surface area contributed by atoms with E-state index in [1.807, 2.05) is 13.0 Å². The SMILES string of the molecule is Cc1occc1-c1nnc(CNC(C)(C)C)o1. The Balaban J connectivity index is 2.09. The van der Waals surface area contributed by atoms with E-state index >= 15 is 0 Å². The van der Waals surface area contributed by atoms with Crippen molar-refractivity contribution in [1.82, 2.24) is 15.5 Å². The maximum absolute atomic E-state index is 5.56. The van der Waals surface area contributed by atoms with Crippen molar-refractivity contribution >= 4 is 0 Å². The summed E-state index contributed by atoms with van der Waals surface area (Å²) < 4.78 is 10.8. The van der Waals surface area contributed by atoms with Gasteiger partial charge in [0.1, 0.15) is 5.76 Å². The van der Waals surface area contributed by atoms with Gasteiger partial charge in [-0.2, -0.15) is 0 Å². The van der Waals surface area contributed by atoms with Gasteiger partial charge in [-0.1, -0.05) is 0 Å². The molecule has 0 radical (unpaired) electrons. The van der Waals surface area contributed by atoms with Gasteiger partial charge in [0, 0.05) is 5.54 Å². The predicted molar refractivity (Wildman–Crippen MR) is 63.3 cm³/mol. The summed E-state index contributed by atoms with van der Waals surface area (Å²) in [5.41, 5.74) is 0.875. The fourth-order valence-electron chi connectivity index (χ4n) is 1.38. The Labute approximate surface area is 100 Å². The summed E-state index contributed by atoms with van der Waals surface area (Å²) in [6.07, 6.45) is 1.61. The molecule has 2 heterocycles. The molecule has 0 atom stereocenters. The average Bonchev–Trinajstić information content (AvgIpc) is 2.81. The Morgan fingerprint density at radius 2 is 2.06 bits per heavy atom. The molecule has 0 saturated carbocycles. The average molecular weight is 235 g/mol. The number of aryl methyl sites for hydroxylation is 1. The molecule has 0 spiro atoms. The van der Waals surface area contributed by atoms with E-state index < -0.39 is 0 Å². The van der Waals surface area contributed by atoms with Gasteiger partial charge in [-0.25, -0.2) is 0 Å². The van der Waals surface area contributed by atoms with E-state index in [1.165, 1.54) is 0 Å². The van der Waals surface area contributed by atoms with E-state index in [-0.39, 0.29) is 5.54 Å². The van der Waals surface area contributed by atoms with E-state index in [0.717, 1.165) is 11.3 Å². The number of nitrogens with zero attached hydrogens (tertiary/aromatic N) is 2. The van der Waals surface area contributed by atoms with E-state index in [9.17, 15) is 0 Å². The summed E-state index contributed by atoms with van der Waals surface area (Å²) in [4.78, 5) is 0. The number of hydrogen-bond donors (Lipinski definition) is 1. The Bertz CT molecular complexity index is 494. The topological polar surface area (TPSA) is 64.1 Å². The summed E-state index contributed by atoms with van der Waals surface area (Å²) in [7, 11) is 0. The number of rotatable bonds is 3. The number of furan rings is 1. The largest absolute Gasteiger partial charge is 0.469 e. The molecular weight excluding hydrogens is 218 g/mol. The van der Waals surface area contributed by atoms with E-state index in [2.05, 4.69) is 36.3 Å². The van der Waals surface area contributed by atoms with Crippen LogP contribution in [0.4, 0.5) is 0 Å². The van der Waals surface area contributed by atoms with Crippen LogP contribution in [0.1, 0.15) is 32.4 Å². The van der Waals surface area contributed by atoms with E-state index in [4.69, 9.17) is 8.83 Å². The summed E-state index contributed by atoms with van der Waals surface area (Å²) in [5, 5.41) is 11.3. The van der Waals surface area contributed by atoms with E-state index in [1.54, 1.807) is 6.26 Å². The lowest BCUT2D eigenvalue weighted by Gasteiger charge is -2.18. The summed E-state index contributed by atoms with van der Waals surface area (Å²) >= 11 is 0. The highest BCUT2D eigenvalue weighted by atomic mass is 16.4. The normalized spacial score (nSPS) is 12.0. The molecule has 17 heavy (non-hydrogen) atoms. The van der Waals surface area contributed by atoms with Crippen LogP contribution in [-0.4, -0.2) is 15.7 Å². The molecule has 92 valence electrons. The molecule has 0 aliphatic carbocycles. The van der Waals surface area contributed by atoms with Crippen LogP contribution in [-0.2, 0) is 6.54 Å². The maximum atomic E-state index is 5.56. The van der Waals surface area contributed by atoms with Crippen molar-refractivity contribution in [2.24, 2.45) is 0 Å².